The van der Waals surface area contributed by atoms with Crippen molar-refractivity contribution in [1.82, 2.24) is 0 Å². The third-order valence-corrected chi connectivity index (χ3v) is 1.41. The average Bonchev–Trinajstić information content (AvgIpc) is 1.94. The maximum absolute atomic E-state index is 5.48. The van der Waals surface area contributed by atoms with Crippen LogP contribution in [0.5, 0.6) is 0 Å². The topological polar surface area (TPSA) is 38.4 Å². The summed E-state index contributed by atoms with van der Waals surface area (Å²) in [6.07, 6.45) is 4.76. The molecule has 0 aliphatic carbocycles. The molecule has 1 aliphatic heterocycles. The van der Waals surface area contributed by atoms with E-state index in [1.54, 1.807) is 0 Å². The highest BCUT2D eigenvalue weighted by Gasteiger charge is 1.97. The number of nitrogens with zero attached hydrogens (tertiary/aromatic N) is 1. The molecule has 0 radical (unpaired) electrons. The summed E-state index contributed by atoms with van der Waals surface area (Å²) in [4.78, 5) is 4.12. The number of rotatable bonds is 0. The van der Waals surface area contributed by atoms with E-state index in [1.165, 1.54) is 19.3 Å². The van der Waals surface area contributed by atoms with Crippen LogP contribution in [0.2, 0.25) is 0 Å². The van der Waals surface area contributed by atoms with Crippen molar-refractivity contribution in [3.05, 3.63) is 0 Å². The normalized spacial score (nSPS) is 19.3. The van der Waals surface area contributed by atoms with Gasteiger partial charge in [0, 0.05) is 13.0 Å². The molecule has 3 heteroatoms. The Morgan fingerprint density at radius 2 is 2.00 bits per heavy atom. The number of nitrogens with two attached hydrogens (primary N) is 1. The highest BCUT2D eigenvalue weighted by Crippen LogP contribution is 2.03. The minimum atomic E-state index is 0. The summed E-state index contributed by atoms with van der Waals surface area (Å²) in [6.45, 7) is 0.950. The first-order valence-corrected chi connectivity index (χ1v) is 3.18. The number of hydrogen-bond donors (Lipinski definition) is 1. The van der Waals surface area contributed by atoms with Crippen molar-refractivity contribution in [3.63, 3.8) is 0 Å². The van der Waals surface area contributed by atoms with Gasteiger partial charge in [0.05, 0.1) is 5.84 Å². The Morgan fingerprint density at radius 3 is 2.78 bits per heavy atom. The summed E-state index contributed by atoms with van der Waals surface area (Å²) in [5, 5.41) is 0. The van der Waals surface area contributed by atoms with Gasteiger partial charge in [0.2, 0.25) is 0 Å². The van der Waals surface area contributed by atoms with Crippen LogP contribution in [0.4, 0.5) is 0 Å². The van der Waals surface area contributed by atoms with Gasteiger partial charge in [-0.25, -0.2) is 0 Å². The van der Waals surface area contributed by atoms with Gasteiger partial charge in [0.15, 0.2) is 0 Å². The minimum Gasteiger partial charge on any atom is -0.387 e. The standard InChI is InChI=1S/C6H12N2.HI/c7-6-4-2-1-3-5-8-6;/h1-5H2,(H2,7,8);1H. The largest absolute Gasteiger partial charge is 0.387 e. The average molecular weight is 240 g/mol. The van der Waals surface area contributed by atoms with Crippen LogP contribution in [0.25, 0.3) is 0 Å². The molecule has 0 fully saturated rings. The zero-order valence-corrected chi connectivity index (χ0v) is 7.80. The first-order chi connectivity index (χ1) is 3.89. The van der Waals surface area contributed by atoms with Crippen molar-refractivity contribution >= 4 is 29.8 Å². The summed E-state index contributed by atoms with van der Waals surface area (Å²) >= 11 is 0. The highest BCUT2D eigenvalue weighted by molar-refractivity contribution is 14.0. The Bertz CT molecular complexity index is 101. The van der Waals surface area contributed by atoms with Gasteiger partial charge in [0.25, 0.3) is 0 Å². The lowest BCUT2D eigenvalue weighted by Gasteiger charge is -1.90. The molecule has 0 aromatic heterocycles. The lowest BCUT2D eigenvalue weighted by atomic mass is 10.2. The number of aliphatic imine (C=N–C) groups is 1. The van der Waals surface area contributed by atoms with Gasteiger partial charge < -0.3 is 5.73 Å². The zero-order chi connectivity index (χ0) is 5.82. The summed E-state index contributed by atoms with van der Waals surface area (Å²) in [5.41, 5.74) is 5.48. The van der Waals surface area contributed by atoms with E-state index in [9.17, 15) is 0 Å². The summed E-state index contributed by atoms with van der Waals surface area (Å²) in [6, 6.07) is 0. The molecule has 0 aromatic carbocycles. The molecular weight excluding hydrogens is 227 g/mol. The number of halogens is 1. The lowest BCUT2D eigenvalue weighted by molar-refractivity contribution is 0.731. The molecule has 2 N–H and O–H groups in total. The molecule has 0 saturated heterocycles. The first kappa shape index (κ1) is 9.20. The Kier molecular flexibility index (Phi) is 5.13. The number of amidine groups is 1. The fourth-order valence-electron chi connectivity index (χ4n) is 0.896. The van der Waals surface area contributed by atoms with Gasteiger partial charge in [-0.2, -0.15) is 0 Å². The van der Waals surface area contributed by atoms with Crippen molar-refractivity contribution in [3.8, 4) is 0 Å². The van der Waals surface area contributed by atoms with Gasteiger partial charge in [0.1, 0.15) is 0 Å². The van der Waals surface area contributed by atoms with E-state index in [-0.39, 0.29) is 24.0 Å². The molecule has 0 spiro atoms. The Hall–Kier alpha value is 0.200. The maximum atomic E-state index is 5.48. The minimum absolute atomic E-state index is 0. The number of hydrogen-bond acceptors (Lipinski definition) is 2. The molecule has 0 bridgehead atoms. The Morgan fingerprint density at radius 1 is 1.22 bits per heavy atom. The molecule has 0 saturated carbocycles. The Balaban J connectivity index is 0.000000640. The van der Waals surface area contributed by atoms with Gasteiger partial charge in [-0.05, 0) is 12.8 Å². The first-order valence-electron chi connectivity index (χ1n) is 3.18. The van der Waals surface area contributed by atoms with Gasteiger partial charge in [-0.15, -0.1) is 24.0 Å². The third kappa shape index (κ3) is 3.72. The zero-order valence-electron chi connectivity index (χ0n) is 5.47. The SMILES string of the molecule is I.NC1=NCCCCC1. The monoisotopic (exact) mass is 240 g/mol. The third-order valence-electron chi connectivity index (χ3n) is 1.41. The van der Waals surface area contributed by atoms with Gasteiger partial charge in [-0.3, -0.25) is 4.99 Å². The van der Waals surface area contributed by atoms with Crippen LogP contribution in [0.3, 0.4) is 0 Å². The lowest BCUT2D eigenvalue weighted by Crippen LogP contribution is -2.09. The van der Waals surface area contributed by atoms with Crippen molar-refractivity contribution in [2.45, 2.75) is 25.7 Å². The van der Waals surface area contributed by atoms with E-state index < -0.39 is 0 Å². The quantitative estimate of drug-likeness (QED) is 0.641. The molecule has 0 amide bonds. The van der Waals surface area contributed by atoms with Crippen LogP contribution in [0.1, 0.15) is 25.7 Å². The van der Waals surface area contributed by atoms with E-state index >= 15 is 0 Å². The fourth-order valence-corrected chi connectivity index (χ4v) is 0.896. The summed E-state index contributed by atoms with van der Waals surface area (Å²) in [7, 11) is 0. The predicted octanol–water partition coefficient (Wildman–Crippen LogP) is 1.54. The second kappa shape index (κ2) is 5.02. The Labute approximate surface area is 72.9 Å². The molecule has 1 heterocycles. The molecule has 0 atom stereocenters. The van der Waals surface area contributed by atoms with Crippen LogP contribution in [-0.4, -0.2) is 12.4 Å². The molecule has 0 aromatic rings. The molecule has 2 nitrogen and oxygen atoms in total. The molecular formula is C6H13IN2. The van der Waals surface area contributed by atoms with E-state index in [1.807, 2.05) is 0 Å². The van der Waals surface area contributed by atoms with E-state index in [0.717, 1.165) is 18.8 Å². The van der Waals surface area contributed by atoms with Crippen molar-refractivity contribution in [2.75, 3.05) is 6.54 Å². The summed E-state index contributed by atoms with van der Waals surface area (Å²) in [5.74, 6) is 0.850. The molecule has 9 heavy (non-hydrogen) atoms. The van der Waals surface area contributed by atoms with Crippen LogP contribution in [0.15, 0.2) is 4.99 Å². The summed E-state index contributed by atoms with van der Waals surface area (Å²) < 4.78 is 0. The van der Waals surface area contributed by atoms with E-state index in [0.29, 0.717) is 0 Å². The molecule has 0 unspecified atom stereocenters. The van der Waals surface area contributed by atoms with Crippen molar-refractivity contribution in [1.29, 1.82) is 0 Å². The second-order valence-electron chi connectivity index (χ2n) is 2.18. The van der Waals surface area contributed by atoms with Gasteiger partial charge in [-0.1, -0.05) is 6.42 Å². The maximum Gasteiger partial charge on any atom is 0.0937 e. The van der Waals surface area contributed by atoms with Crippen LogP contribution < -0.4 is 5.73 Å². The fraction of sp³-hybridized carbons (Fsp3) is 0.833. The predicted molar refractivity (Wildman–Crippen MR) is 50.4 cm³/mol. The van der Waals surface area contributed by atoms with Crippen LogP contribution in [0, 0.1) is 0 Å². The van der Waals surface area contributed by atoms with E-state index in [2.05, 4.69) is 4.99 Å². The molecule has 54 valence electrons. The molecule has 1 rings (SSSR count). The van der Waals surface area contributed by atoms with Gasteiger partial charge >= 0.3 is 0 Å². The van der Waals surface area contributed by atoms with Crippen molar-refractivity contribution in [2.24, 2.45) is 10.7 Å². The second-order valence-corrected chi connectivity index (χ2v) is 2.18. The van der Waals surface area contributed by atoms with E-state index in [4.69, 9.17) is 5.73 Å². The smallest absolute Gasteiger partial charge is 0.0937 e. The van der Waals surface area contributed by atoms with Crippen LogP contribution >= 0.6 is 24.0 Å². The van der Waals surface area contributed by atoms with Crippen molar-refractivity contribution < 1.29 is 0 Å². The molecule has 1 aliphatic rings. The van der Waals surface area contributed by atoms with Crippen LogP contribution in [-0.2, 0) is 0 Å². The highest BCUT2D eigenvalue weighted by atomic mass is 127.